The van der Waals surface area contributed by atoms with Crippen LogP contribution in [-0.4, -0.2) is 40.2 Å². The lowest BCUT2D eigenvalue weighted by Crippen LogP contribution is -2.51. The van der Waals surface area contributed by atoms with Crippen molar-refractivity contribution in [1.82, 2.24) is 4.90 Å². The van der Waals surface area contributed by atoms with Gasteiger partial charge in [-0.15, -0.1) is 0 Å². The van der Waals surface area contributed by atoms with Crippen LogP contribution in [0.1, 0.15) is 34.7 Å². The Hall–Kier alpha value is -5.66. The number of oxime groups is 1. The number of carbonyl (C=O) groups excluding carboxylic acids is 2. The van der Waals surface area contributed by atoms with Crippen molar-refractivity contribution in [2.24, 2.45) is 5.16 Å². The van der Waals surface area contributed by atoms with Crippen LogP contribution in [0.5, 0.6) is 5.75 Å². The first-order valence-electron chi connectivity index (χ1n) is 16.6. The van der Waals surface area contributed by atoms with E-state index in [0.29, 0.717) is 25.4 Å². The Bertz CT molecular complexity index is 2020. The quantitative estimate of drug-likeness (QED) is 0.0560. The molecule has 6 nitrogen and oxygen atoms in total. The number of fused-ring (bicyclic) bond motifs is 1. The fourth-order valence-electron chi connectivity index (χ4n) is 6.56. The predicted molar refractivity (Wildman–Crippen MR) is 201 cm³/mol. The molecule has 0 bridgehead atoms. The van der Waals surface area contributed by atoms with E-state index in [9.17, 15) is 9.59 Å². The summed E-state index contributed by atoms with van der Waals surface area (Å²) >= 11 is 1.09. The van der Waals surface area contributed by atoms with Crippen LogP contribution in [-0.2, 0) is 21.6 Å². The van der Waals surface area contributed by atoms with Crippen molar-refractivity contribution in [2.45, 2.75) is 24.1 Å². The lowest BCUT2D eigenvalue weighted by Gasteiger charge is -2.42. The summed E-state index contributed by atoms with van der Waals surface area (Å²) in [5, 5.41) is 5.78. The molecule has 0 saturated carbocycles. The molecule has 0 spiro atoms. The number of amides is 2. The smallest absolute Gasteiger partial charge is 0.290 e. The van der Waals surface area contributed by atoms with Gasteiger partial charge in [0, 0.05) is 0 Å². The highest BCUT2D eigenvalue weighted by atomic mass is 32.2. The minimum Gasteiger partial charge on any atom is -0.490 e. The summed E-state index contributed by atoms with van der Waals surface area (Å²) in [4.78, 5) is 35.4. The minimum absolute atomic E-state index is 0.214. The van der Waals surface area contributed by atoms with Gasteiger partial charge in [0.25, 0.3) is 5.24 Å². The summed E-state index contributed by atoms with van der Waals surface area (Å²) < 4.78 is 5.89. The van der Waals surface area contributed by atoms with Crippen molar-refractivity contribution in [3.8, 4) is 5.75 Å². The van der Waals surface area contributed by atoms with Crippen LogP contribution in [0.25, 0.3) is 10.8 Å². The van der Waals surface area contributed by atoms with Crippen LogP contribution in [0.4, 0.5) is 4.79 Å². The van der Waals surface area contributed by atoms with E-state index in [0.717, 1.165) is 50.7 Å². The third-order valence-corrected chi connectivity index (χ3v) is 10.0. The van der Waals surface area contributed by atoms with Gasteiger partial charge < -0.3 is 9.57 Å². The molecule has 1 aliphatic rings. The maximum Gasteiger partial charge on any atom is 0.290 e. The normalized spacial score (nSPS) is 15.0. The molecule has 0 N–H and O–H groups in total. The third kappa shape index (κ3) is 6.65. The van der Waals surface area contributed by atoms with Gasteiger partial charge in [-0.05, 0) is 70.1 Å². The topological polar surface area (TPSA) is 68.2 Å². The van der Waals surface area contributed by atoms with E-state index in [4.69, 9.17) is 9.57 Å². The van der Waals surface area contributed by atoms with Gasteiger partial charge in [0.15, 0.2) is 6.61 Å². The largest absolute Gasteiger partial charge is 0.490 e. The van der Waals surface area contributed by atoms with Crippen LogP contribution >= 0.6 is 11.8 Å². The number of ether oxygens (including phenoxy) is 1. The monoisotopic (exact) mass is 676 g/mol. The van der Waals surface area contributed by atoms with Gasteiger partial charge >= 0.3 is 0 Å². The van der Waals surface area contributed by atoms with Gasteiger partial charge in [-0.2, -0.15) is 0 Å². The van der Waals surface area contributed by atoms with E-state index in [2.05, 4.69) is 29.4 Å². The molecular formula is C43H36N2O4S. The van der Waals surface area contributed by atoms with Crippen molar-refractivity contribution in [2.75, 3.05) is 13.2 Å². The molecule has 7 rings (SSSR count). The Morgan fingerprint density at radius 1 is 0.680 bits per heavy atom. The molecule has 2 amide bonds. The van der Waals surface area contributed by atoms with E-state index in [1.54, 1.807) is 0 Å². The molecule has 0 radical (unpaired) electrons. The number of carbonyl (C=O) groups is 2. The average Bonchev–Trinajstić information content (AvgIpc) is 3.45. The molecule has 0 aromatic heterocycles. The van der Waals surface area contributed by atoms with Gasteiger partial charge in [-0.3, -0.25) is 14.5 Å². The summed E-state index contributed by atoms with van der Waals surface area (Å²) in [5.41, 5.74) is 4.16. The maximum atomic E-state index is 14.4. The third-order valence-electron chi connectivity index (χ3n) is 8.99. The van der Waals surface area contributed by atoms with E-state index in [1.807, 2.05) is 140 Å². The molecule has 6 aromatic rings. The second kappa shape index (κ2) is 14.8. The predicted octanol–water partition coefficient (Wildman–Crippen LogP) is 9.26. The number of benzene rings is 6. The zero-order chi connectivity index (χ0) is 34.3. The molecule has 1 fully saturated rings. The Balaban J connectivity index is 1.02. The fourth-order valence-corrected chi connectivity index (χ4v) is 7.62. The molecule has 50 heavy (non-hydrogen) atoms. The van der Waals surface area contributed by atoms with Crippen LogP contribution in [0, 0.1) is 0 Å². The Labute approximate surface area is 296 Å². The van der Waals surface area contributed by atoms with Gasteiger partial charge in [0.05, 0.1) is 11.0 Å². The lowest BCUT2D eigenvalue weighted by molar-refractivity contribution is -0.129. The molecular weight excluding hydrogens is 641 g/mol. The molecule has 0 aliphatic carbocycles. The number of imide groups is 1. The van der Waals surface area contributed by atoms with E-state index in [-0.39, 0.29) is 11.1 Å². The number of nitrogens with zero attached hydrogens (tertiary/aromatic N) is 2. The van der Waals surface area contributed by atoms with Crippen molar-refractivity contribution < 1.29 is 19.2 Å². The highest BCUT2D eigenvalue weighted by molar-refractivity contribution is 8.15. The van der Waals surface area contributed by atoms with Crippen molar-refractivity contribution in [3.63, 3.8) is 0 Å². The van der Waals surface area contributed by atoms with Crippen LogP contribution in [0.2, 0.25) is 0 Å². The lowest BCUT2D eigenvalue weighted by atomic mass is 9.75. The zero-order valence-corrected chi connectivity index (χ0v) is 28.5. The van der Waals surface area contributed by atoms with Crippen molar-refractivity contribution >= 4 is 39.4 Å². The zero-order valence-electron chi connectivity index (χ0n) is 27.6. The van der Waals surface area contributed by atoms with Gasteiger partial charge in [0.1, 0.15) is 17.9 Å². The number of thioether (sulfide) groups is 1. The second-order valence-corrected chi connectivity index (χ2v) is 13.3. The van der Waals surface area contributed by atoms with Crippen molar-refractivity contribution in [3.05, 3.63) is 186 Å². The first kappa shape index (κ1) is 32.9. The molecule has 248 valence electrons. The van der Waals surface area contributed by atoms with Crippen LogP contribution in [0.15, 0.2) is 163 Å². The van der Waals surface area contributed by atoms with E-state index in [1.165, 1.54) is 10.3 Å². The van der Waals surface area contributed by atoms with Gasteiger partial charge in [-0.1, -0.05) is 156 Å². The van der Waals surface area contributed by atoms with E-state index >= 15 is 0 Å². The number of hydrogen-bond donors (Lipinski definition) is 0. The fraction of sp³-hybridized carbons (Fsp3) is 0.140. The molecule has 1 atom stereocenters. The van der Waals surface area contributed by atoms with E-state index < -0.39 is 10.8 Å². The molecule has 7 heteroatoms. The second-order valence-electron chi connectivity index (χ2n) is 12.1. The average molecular weight is 677 g/mol. The summed E-state index contributed by atoms with van der Waals surface area (Å²) in [6.45, 7) is 2.55. The van der Waals surface area contributed by atoms with Crippen LogP contribution in [0.3, 0.4) is 0 Å². The van der Waals surface area contributed by atoms with Gasteiger partial charge in [-0.25, -0.2) is 0 Å². The SMILES string of the molecule is C/C(=N/OCCOc1ccc(CC2SC(=O)N(C(c3ccccc3)(c3ccccc3)c3ccccc3)C2=O)cc1)c1ccc2ccccc2c1. The summed E-state index contributed by atoms with van der Waals surface area (Å²) in [5.74, 6) is 0.473. The highest BCUT2D eigenvalue weighted by Gasteiger charge is 2.53. The van der Waals surface area contributed by atoms with Gasteiger partial charge in [0.2, 0.25) is 5.91 Å². The molecule has 1 heterocycles. The summed E-state index contributed by atoms with van der Waals surface area (Å²) in [6, 6.07) is 51.5. The molecule has 1 saturated heterocycles. The molecule has 1 aliphatic heterocycles. The maximum absolute atomic E-state index is 14.4. The summed E-state index contributed by atoms with van der Waals surface area (Å²) in [7, 11) is 0. The summed E-state index contributed by atoms with van der Waals surface area (Å²) in [6.07, 6.45) is 0.409. The molecule has 6 aromatic carbocycles. The Kier molecular flexibility index (Phi) is 9.76. The van der Waals surface area contributed by atoms with Crippen LogP contribution < -0.4 is 4.74 Å². The number of rotatable bonds is 12. The van der Waals surface area contributed by atoms with Crippen molar-refractivity contribution in [1.29, 1.82) is 0 Å². The first-order chi connectivity index (χ1) is 24.5. The minimum atomic E-state index is -1.13. The first-order valence-corrected chi connectivity index (χ1v) is 17.5. The Morgan fingerprint density at radius 2 is 1.24 bits per heavy atom. The molecule has 1 unspecified atom stereocenters. The highest BCUT2D eigenvalue weighted by Crippen LogP contribution is 2.47. The standard InChI is InChI=1S/C43H36N2O4S/c1-31(34-24-23-33-13-11-12-14-35(33)30-34)44-49-28-27-48-39-25-21-32(22-26-39)29-40-41(46)45(42(47)50-40)43(36-15-5-2-6-16-36,37-17-7-3-8-18-37)38-19-9-4-10-20-38/h2-26,30,40H,27-29H2,1H3/b44-31-. The number of hydrogen-bond acceptors (Lipinski definition) is 6. The Morgan fingerprint density at radius 3 is 1.84 bits per heavy atom.